The van der Waals surface area contributed by atoms with Gasteiger partial charge in [0.25, 0.3) is 0 Å². The fraction of sp³-hybridized carbons (Fsp3) is 0.750. The molecule has 0 aliphatic rings. The van der Waals surface area contributed by atoms with Gasteiger partial charge in [-0.05, 0) is 45.4 Å². The van der Waals surface area contributed by atoms with Crippen LogP contribution in [0.1, 0.15) is 47.5 Å². The van der Waals surface area contributed by atoms with E-state index in [1.807, 2.05) is 10.9 Å². The van der Waals surface area contributed by atoms with Gasteiger partial charge in [0.2, 0.25) is 0 Å². The Kier molecular flexibility index (Phi) is 6.87. The van der Waals surface area contributed by atoms with Gasteiger partial charge >= 0.3 is 6.03 Å². The number of hydrogen-bond donors (Lipinski definition) is 3. The standard InChI is InChI=1S/C16H30N4O2/c1-12(2)8-13(6-7-21)9-17-15(22)19-14-10-18-20(11-14)16(3,4)5/h10-13,21H,6-9H2,1-5H3,(H2,17,19,22). The van der Waals surface area contributed by atoms with Crippen LogP contribution in [0.2, 0.25) is 0 Å². The third-order valence-corrected chi connectivity index (χ3v) is 3.42. The molecular weight excluding hydrogens is 280 g/mol. The van der Waals surface area contributed by atoms with Crippen molar-refractivity contribution in [2.45, 2.75) is 53.0 Å². The van der Waals surface area contributed by atoms with Gasteiger partial charge in [0, 0.05) is 19.3 Å². The molecule has 2 amide bonds. The summed E-state index contributed by atoms with van der Waals surface area (Å²) in [6.45, 7) is 11.2. The average molecular weight is 310 g/mol. The summed E-state index contributed by atoms with van der Waals surface area (Å²) in [5.74, 6) is 0.847. The molecule has 126 valence electrons. The van der Waals surface area contributed by atoms with E-state index in [2.05, 4.69) is 50.4 Å². The van der Waals surface area contributed by atoms with Crippen LogP contribution in [0.15, 0.2) is 12.4 Å². The number of anilines is 1. The van der Waals surface area contributed by atoms with Gasteiger partial charge in [-0.25, -0.2) is 4.79 Å². The number of hydrogen-bond acceptors (Lipinski definition) is 3. The maximum Gasteiger partial charge on any atom is 0.319 e. The van der Waals surface area contributed by atoms with Crippen molar-refractivity contribution in [3.8, 4) is 0 Å². The molecule has 0 aliphatic heterocycles. The molecule has 0 bridgehead atoms. The van der Waals surface area contributed by atoms with E-state index in [0.29, 0.717) is 30.5 Å². The van der Waals surface area contributed by atoms with Crippen molar-refractivity contribution in [2.24, 2.45) is 11.8 Å². The van der Waals surface area contributed by atoms with Crippen molar-refractivity contribution in [2.75, 3.05) is 18.5 Å². The molecule has 0 fully saturated rings. The van der Waals surface area contributed by atoms with Crippen LogP contribution in [0.4, 0.5) is 10.5 Å². The number of amides is 2. The lowest BCUT2D eigenvalue weighted by molar-refractivity contribution is 0.231. The Labute approximate surface area is 133 Å². The normalized spacial score (nSPS) is 13.2. The van der Waals surface area contributed by atoms with Crippen LogP contribution in [0.5, 0.6) is 0 Å². The van der Waals surface area contributed by atoms with Crippen LogP contribution in [-0.2, 0) is 5.54 Å². The molecule has 0 spiro atoms. The Bertz CT molecular complexity index is 463. The van der Waals surface area contributed by atoms with E-state index in [9.17, 15) is 4.79 Å². The largest absolute Gasteiger partial charge is 0.396 e. The molecule has 1 rings (SSSR count). The molecule has 6 heteroatoms. The molecule has 0 aromatic carbocycles. The molecule has 1 aromatic rings. The molecule has 1 atom stereocenters. The van der Waals surface area contributed by atoms with E-state index in [1.54, 1.807) is 6.20 Å². The monoisotopic (exact) mass is 310 g/mol. The first-order valence-corrected chi connectivity index (χ1v) is 7.93. The number of aromatic nitrogens is 2. The van der Waals surface area contributed by atoms with Gasteiger partial charge in [-0.3, -0.25) is 4.68 Å². The lowest BCUT2D eigenvalue weighted by Crippen LogP contribution is -2.33. The zero-order valence-electron chi connectivity index (χ0n) is 14.4. The van der Waals surface area contributed by atoms with Gasteiger partial charge in [-0.2, -0.15) is 5.10 Å². The highest BCUT2D eigenvalue weighted by Crippen LogP contribution is 2.16. The molecule has 6 nitrogen and oxygen atoms in total. The Hall–Kier alpha value is -1.56. The second kappa shape index (κ2) is 8.17. The summed E-state index contributed by atoms with van der Waals surface area (Å²) in [4.78, 5) is 11.9. The number of urea groups is 1. The van der Waals surface area contributed by atoms with Crippen LogP contribution >= 0.6 is 0 Å². The van der Waals surface area contributed by atoms with Crippen LogP contribution in [0.3, 0.4) is 0 Å². The summed E-state index contributed by atoms with van der Waals surface area (Å²) in [5, 5.41) is 19.0. The van der Waals surface area contributed by atoms with Gasteiger partial charge in [-0.15, -0.1) is 0 Å². The van der Waals surface area contributed by atoms with Gasteiger partial charge < -0.3 is 15.7 Å². The second-order valence-corrected chi connectivity index (χ2v) is 7.19. The number of carbonyl (C=O) groups is 1. The third kappa shape index (κ3) is 6.47. The molecule has 0 radical (unpaired) electrons. The topological polar surface area (TPSA) is 79.2 Å². The number of aliphatic hydroxyl groups excluding tert-OH is 1. The Morgan fingerprint density at radius 1 is 1.41 bits per heavy atom. The quantitative estimate of drug-likeness (QED) is 0.724. The highest BCUT2D eigenvalue weighted by Gasteiger charge is 2.15. The molecule has 1 aromatic heterocycles. The van der Waals surface area contributed by atoms with Crippen LogP contribution in [0.25, 0.3) is 0 Å². The lowest BCUT2D eigenvalue weighted by atomic mass is 9.94. The Morgan fingerprint density at radius 2 is 2.09 bits per heavy atom. The third-order valence-electron chi connectivity index (χ3n) is 3.42. The van der Waals surface area contributed by atoms with Crippen molar-refractivity contribution < 1.29 is 9.90 Å². The summed E-state index contributed by atoms with van der Waals surface area (Å²) in [6, 6.07) is -0.236. The zero-order chi connectivity index (χ0) is 16.8. The van der Waals surface area contributed by atoms with Crippen molar-refractivity contribution in [3.63, 3.8) is 0 Å². The number of nitrogens with one attached hydrogen (secondary N) is 2. The van der Waals surface area contributed by atoms with Crippen molar-refractivity contribution in [3.05, 3.63) is 12.4 Å². The van der Waals surface area contributed by atoms with Crippen LogP contribution < -0.4 is 10.6 Å². The minimum atomic E-state index is -0.236. The molecule has 1 unspecified atom stereocenters. The van der Waals surface area contributed by atoms with E-state index >= 15 is 0 Å². The maximum atomic E-state index is 11.9. The van der Waals surface area contributed by atoms with Crippen molar-refractivity contribution >= 4 is 11.7 Å². The maximum absolute atomic E-state index is 11.9. The summed E-state index contributed by atoms with van der Waals surface area (Å²) >= 11 is 0. The molecular formula is C16H30N4O2. The first kappa shape index (κ1) is 18.5. The highest BCUT2D eigenvalue weighted by molar-refractivity contribution is 5.88. The molecule has 0 saturated heterocycles. The Morgan fingerprint density at radius 3 is 2.59 bits per heavy atom. The summed E-state index contributed by atoms with van der Waals surface area (Å²) in [5.41, 5.74) is 0.565. The van der Waals surface area contributed by atoms with Gasteiger partial charge in [0.15, 0.2) is 0 Å². The van der Waals surface area contributed by atoms with Crippen LogP contribution in [-0.4, -0.2) is 34.1 Å². The highest BCUT2D eigenvalue weighted by atomic mass is 16.3. The summed E-state index contributed by atoms with van der Waals surface area (Å²) in [7, 11) is 0. The van der Waals surface area contributed by atoms with Crippen molar-refractivity contribution in [1.82, 2.24) is 15.1 Å². The zero-order valence-corrected chi connectivity index (χ0v) is 14.4. The summed E-state index contributed by atoms with van der Waals surface area (Å²) in [6.07, 6.45) is 5.16. The first-order chi connectivity index (χ1) is 10.2. The molecule has 1 heterocycles. The molecule has 22 heavy (non-hydrogen) atoms. The first-order valence-electron chi connectivity index (χ1n) is 7.93. The smallest absolute Gasteiger partial charge is 0.319 e. The predicted octanol–water partition coefficient (Wildman–Crippen LogP) is 2.80. The summed E-state index contributed by atoms with van der Waals surface area (Å²) < 4.78 is 1.82. The van der Waals surface area contributed by atoms with E-state index in [-0.39, 0.29) is 18.2 Å². The van der Waals surface area contributed by atoms with Gasteiger partial charge in [0.05, 0.1) is 17.4 Å². The number of rotatable bonds is 7. The average Bonchev–Trinajstić information content (AvgIpc) is 2.84. The predicted molar refractivity (Wildman–Crippen MR) is 88.9 cm³/mol. The van der Waals surface area contributed by atoms with Gasteiger partial charge in [-0.1, -0.05) is 13.8 Å². The minimum absolute atomic E-state index is 0.111. The second-order valence-electron chi connectivity index (χ2n) is 7.19. The minimum Gasteiger partial charge on any atom is -0.396 e. The van der Waals surface area contributed by atoms with E-state index in [0.717, 1.165) is 6.42 Å². The van der Waals surface area contributed by atoms with E-state index < -0.39 is 0 Å². The molecule has 3 N–H and O–H groups in total. The fourth-order valence-corrected chi connectivity index (χ4v) is 2.32. The number of aliphatic hydroxyl groups is 1. The number of carbonyl (C=O) groups excluding carboxylic acids is 1. The van der Waals surface area contributed by atoms with E-state index in [4.69, 9.17) is 5.11 Å². The fourth-order valence-electron chi connectivity index (χ4n) is 2.32. The molecule has 0 saturated carbocycles. The number of nitrogens with zero attached hydrogens (tertiary/aromatic N) is 2. The Balaban J connectivity index is 2.46. The van der Waals surface area contributed by atoms with Gasteiger partial charge in [0.1, 0.15) is 0 Å². The van der Waals surface area contributed by atoms with Crippen LogP contribution in [0, 0.1) is 11.8 Å². The molecule has 0 aliphatic carbocycles. The lowest BCUT2D eigenvalue weighted by Gasteiger charge is -2.19. The van der Waals surface area contributed by atoms with Crippen molar-refractivity contribution in [1.29, 1.82) is 0 Å². The van der Waals surface area contributed by atoms with E-state index in [1.165, 1.54) is 0 Å². The SMILES string of the molecule is CC(C)CC(CCO)CNC(=O)Nc1cnn(C(C)(C)C)c1.